The Hall–Kier alpha value is -0.340. The standard InChI is InChI=1S/C13H22O2/c1-12(14)7-8-13(2)10(9-12)5-4-6-11(13)15-3/h9,11,14H,4-8H2,1-3H3/t11-,12?,13+/m1/s1. The summed E-state index contributed by atoms with van der Waals surface area (Å²) in [6, 6.07) is 0. The lowest BCUT2D eigenvalue weighted by Crippen LogP contribution is -2.44. The van der Waals surface area contributed by atoms with Crippen LogP contribution in [0.1, 0.15) is 46.0 Å². The summed E-state index contributed by atoms with van der Waals surface area (Å²) in [4.78, 5) is 0. The zero-order chi connectivity index (χ0) is 11.1. The number of aliphatic hydroxyl groups is 1. The maximum absolute atomic E-state index is 10.1. The highest BCUT2D eigenvalue weighted by molar-refractivity contribution is 5.26. The Morgan fingerprint density at radius 3 is 2.80 bits per heavy atom. The third-order valence-corrected chi connectivity index (χ3v) is 4.28. The monoisotopic (exact) mass is 210 g/mol. The van der Waals surface area contributed by atoms with E-state index in [0.717, 1.165) is 25.7 Å². The number of hydrogen-bond acceptors (Lipinski definition) is 2. The molecule has 1 N–H and O–H groups in total. The van der Waals surface area contributed by atoms with Crippen LogP contribution in [0.3, 0.4) is 0 Å². The van der Waals surface area contributed by atoms with E-state index in [2.05, 4.69) is 13.0 Å². The van der Waals surface area contributed by atoms with Crippen molar-refractivity contribution in [2.24, 2.45) is 5.41 Å². The van der Waals surface area contributed by atoms with Crippen LogP contribution in [0.2, 0.25) is 0 Å². The van der Waals surface area contributed by atoms with Crippen LogP contribution in [0.25, 0.3) is 0 Å². The van der Waals surface area contributed by atoms with Crippen molar-refractivity contribution in [1.29, 1.82) is 0 Å². The smallest absolute Gasteiger partial charge is 0.0802 e. The third-order valence-electron chi connectivity index (χ3n) is 4.28. The van der Waals surface area contributed by atoms with Crippen LogP contribution < -0.4 is 0 Å². The van der Waals surface area contributed by atoms with Crippen molar-refractivity contribution in [3.63, 3.8) is 0 Å². The van der Waals surface area contributed by atoms with Crippen molar-refractivity contribution in [1.82, 2.24) is 0 Å². The molecule has 1 fully saturated rings. The predicted octanol–water partition coefficient (Wildman–Crippen LogP) is 2.66. The average molecular weight is 210 g/mol. The maximum atomic E-state index is 10.1. The summed E-state index contributed by atoms with van der Waals surface area (Å²) in [7, 11) is 1.81. The first-order valence-corrected chi connectivity index (χ1v) is 5.95. The number of methoxy groups -OCH3 is 1. The molecule has 15 heavy (non-hydrogen) atoms. The number of hydrogen-bond donors (Lipinski definition) is 1. The van der Waals surface area contributed by atoms with E-state index in [1.807, 2.05) is 14.0 Å². The van der Waals surface area contributed by atoms with E-state index in [1.54, 1.807) is 0 Å². The molecule has 2 heteroatoms. The van der Waals surface area contributed by atoms with Crippen LogP contribution in [0.5, 0.6) is 0 Å². The fourth-order valence-corrected chi connectivity index (χ4v) is 3.19. The fourth-order valence-electron chi connectivity index (χ4n) is 3.19. The number of rotatable bonds is 1. The van der Waals surface area contributed by atoms with Gasteiger partial charge in [-0.05, 0) is 39.0 Å². The zero-order valence-corrected chi connectivity index (χ0v) is 10.0. The SMILES string of the molecule is CO[C@@H]1CCCC2=CC(C)(O)CC[C@@]21C. The summed E-state index contributed by atoms with van der Waals surface area (Å²) in [5, 5.41) is 10.1. The van der Waals surface area contributed by atoms with Crippen molar-refractivity contribution in [3.8, 4) is 0 Å². The van der Waals surface area contributed by atoms with Gasteiger partial charge < -0.3 is 9.84 Å². The van der Waals surface area contributed by atoms with Gasteiger partial charge >= 0.3 is 0 Å². The summed E-state index contributed by atoms with van der Waals surface area (Å²) in [5.74, 6) is 0. The van der Waals surface area contributed by atoms with Crippen molar-refractivity contribution >= 4 is 0 Å². The second kappa shape index (κ2) is 3.60. The van der Waals surface area contributed by atoms with Crippen molar-refractivity contribution < 1.29 is 9.84 Å². The summed E-state index contributed by atoms with van der Waals surface area (Å²) >= 11 is 0. The minimum Gasteiger partial charge on any atom is -0.386 e. The van der Waals surface area contributed by atoms with Crippen LogP contribution in [0.4, 0.5) is 0 Å². The first-order chi connectivity index (χ1) is 6.98. The molecular weight excluding hydrogens is 188 g/mol. The summed E-state index contributed by atoms with van der Waals surface area (Å²) in [6.45, 7) is 4.21. The molecule has 0 radical (unpaired) electrons. The second-order valence-corrected chi connectivity index (χ2v) is 5.56. The Kier molecular flexibility index (Phi) is 2.68. The molecule has 0 saturated heterocycles. The lowest BCUT2D eigenvalue weighted by molar-refractivity contribution is -0.0311. The largest absolute Gasteiger partial charge is 0.386 e. The molecule has 0 aliphatic heterocycles. The Labute approximate surface area is 92.3 Å². The quantitative estimate of drug-likeness (QED) is 0.674. The molecule has 2 aliphatic carbocycles. The van der Waals surface area contributed by atoms with Gasteiger partial charge in [-0.3, -0.25) is 0 Å². The molecule has 0 aromatic heterocycles. The minimum atomic E-state index is -0.593. The van der Waals surface area contributed by atoms with Crippen LogP contribution in [0, 0.1) is 5.41 Å². The fraction of sp³-hybridized carbons (Fsp3) is 0.846. The van der Waals surface area contributed by atoms with Crippen molar-refractivity contribution in [3.05, 3.63) is 11.6 Å². The van der Waals surface area contributed by atoms with Gasteiger partial charge in [-0.2, -0.15) is 0 Å². The van der Waals surface area contributed by atoms with Gasteiger partial charge in [-0.1, -0.05) is 18.6 Å². The highest BCUT2D eigenvalue weighted by Crippen LogP contribution is 2.50. The Morgan fingerprint density at radius 1 is 1.40 bits per heavy atom. The van der Waals surface area contributed by atoms with E-state index in [9.17, 15) is 5.11 Å². The summed E-state index contributed by atoms with van der Waals surface area (Å²) in [5.41, 5.74) is 0.997. The molecule has 0 aromatic rings. The average Bonchev–Trinajstić information content (AvgIpc) is 2.18. The van der Waals surface area contributed by atoms with Gasteiger partial charge in [0.15, 0.2) is 0 Å². The molecule has 0 amide bonds. The topological polar surface area (TPSA) is 29.5 Å². The van der Waals surface area contributed by atoms with Crippen LogP contribution in [-0.2, 0) is 4.74 Å². The van der Waals surface area contributed by atoms with Crippen LogP contribution in [0.15, 0.2) is 11.6 Å². The van der Waals surface area contributed by atoms with Gasteiger partial charge in [0.25, 0.3) is 0 Å². The number of ether oxygens (including phenoxy) is 1. The lowest BCUT2D eigenvalue weighted by atomic mass is 9.62. The Bertz CT molecular complexity index is 280. The molecule has 2 rings (SSSR count). The van der Waals surface area contributed by atoms with Crippen LogP contribution in [-0.4, -0.2) is 23.9 Å². The maximum Gasteiger partial charge on any atom is 0.0802 e. The molecule has 1 saturated carbocycles. The van der Waals surface area contributed by atoms with Gasteiger partial charge in [0.05, 0.1) is 11.7 Å². The lowest BCUT2D eigenvalue weighted by Gasteiger charge is -2.47. The molecule has 2 nitrogen and oxygen atoms in total. The van der Waals surface area contributed by atoms with E-state index in [4.69, 9.17) is 4.74 Å². The second-order valence-electron chi connectivity index (χ2n) is 5.56. The van der Waals surface area contributed by atoms with Gasteiger partial charge in [-0.25, -0.2) is 0 Å². The molecule has 86 valence electrons. The molecular formula is C13H22O2. The van der Waals surface area contributed by atoms with E-state index >= 15 is 0 Å². The molecule has 0 aromatic carbocycles. The van der Waals surface area contributed by atoms with Crippen LogP contribution >= 0.6 is 0 Å². The zero-order valence-electron chi connectivity index (χ0n) is 10.0. The van der Waals surface area contributed by atoms with Crippen molar-refractivity contribution in [2.75, 3.05) is 7.11 Å². The van der Waals surface area contributed by atoms with Gasteiger partial charge in [0.1, 0.15) is 0 Å². The normalized spacial score (nSPS) is 45.9. The first-order valence-electron chi connectivity index (χ1n) is 5.95. The highest BCUT2D eigenvalue weighted by atomic mass is 16.5. The van der Waals surface area contributed by atoms with E-state index < -0.39 is 5.60 Å². The molecule has 3 atom stereocenters. The highest BCUT2D eigenvalue weighted by Gasteiger charge is 2.44. The summed E-state index contributed by atoms with van der Waals surface area (Å²) in [6.07, 6.45) is 7.81. The Morgan fingerprint density at radius 2 is 2.13 bits per heavy atom. The van der Waals surface area contributed by atoms with E-state index in [0.29, 0.717) is 6.10 Å². The van der Waals surface area contributed by atoms with Gasteiger partial charge in [-0.15, -0.1) is 0 Å². The number of fused-ring (bicyclic) bond motifs is 1. The molecule has 1 unspecified atom stereocenters. The molecule has 0 spiro atoms. The van der Waals surface area contributed by atoms with Gasteiger partial charge in [0.2, 0.25) is 0 Å². The first kappa shape index (κ1) is 11.2. The van der Waals surface area contributed by atoms with Crippen molar-refractivity contribution in [2.45, 2.75) is 57.7 Å². The predicted molar refractivity (Wildman–Crippen MR) is 60.7 cm³/mol. The molecule has 2 aliphatic rings. The van der Waals surface area contributed by atoms with Gasteiger partial charge in [0, 0.05) is 12.5 Å². The molecule has 0 bridgehead atoms. The Balaban J connectivity index is 2.32. The third kappa shape index (κ3) is 1.85. The molecule has 0 heterocycles. The van der Waals surface area contributed by atoms with E-state index in [1.165, 1.54) is 12.0 Å². The minimum absolute atomic E-state index is 0.176. The van der Waals surface area contributed by atoms with E-state index in [-0.39, 0.29) is 5.41 Å². The summed E-state index contributed by atoms with van der Waals surface area (Å²) < 4.78 is 5.61.